The highest BCUT2D eigenvalue weighted by Gasteiger charge is 2.36. The van der Waals surface area contributed by atoms with Crippen LogP contribution in [0.1, 0.15) is 32.6 Å². The summed E-state index contributed by atoms with van der Waals surface area (Å²) >= 11 is 6.06. The SMILES string of the molecule is CCOCCC1(CNc2ncnc(Cl)c2NC)CCC1. The number of aromatic nitrogens is 2. The number of hydrogen-bond acceptors (Lipinski definition) is 5. The molecule has 6 heteroatoms. The van der Waals surface area contributed by atoms with E-state index < -0.39 is 0 Å². The molecule has 0 aromatic carbocycles. The molecular weight excluding hydrogens is 276 g/mol. The van der Waals surface area contributed by atoms with Crippen LogP contribution in [-0.2, 0) is 4.74 Å². The van der Waals surface area contributed by atoms with Gasteiger partial charge in [0.1, 0.15) is 12.0 Å². The van der Waals surface area contributed by atoms with E-state index >= 15 is 0 Å². The Morgan fingerprint density at radius 1 is 1.40 bits per heavy atom. The van der Waals surface area contributed by atoms with E-state index in [9.17, 15) is 0 Å². The highest BCUT2D eigenvalue weighted by molar-refractivity contribution is 6.32. The number of nitrogens with zero attached hydrogens (tertiary/aromatic N) is 2. The molecule has 1 aromatic rings. The minimum atomic E-state index is 0.345. The zero-order valence-corrected chi connectivity index (χ0v) is 13.0. The summed E-state index contributed by atoms with van der Waals surface area (Å²) in [4.78, 5) is 8.25. The Hall–Kier alpha value is -1.07. The van der Waals surface area contributed by atoms with Gasteiger partial charge in [-0.2, -0.15) is 0 Å². The third kappa shape index (κ3) is 3.52. The van der Waals surface area contributed by atoms with Crippen LogP contribution in [0.5, 0.6) is 0 Å². The van der Waals surface area contributed by atoms with E-state index in [1.54, 1.807) is 0 Å². The Morgan fingerprint density at radius 3 is 2.80 bits per heavy atom. The molecule has 1 aliphatic carbocycles. The van der Waals surface area contributed by atoms with Crippen LogP contribution >= 0.6 is 11.6 Å². The lowest BCUT2D eigenvalue weighted by atomic mass is 9.67. The Morgan fingerprint density at radius 2 is 2.20 bits per heavy atom. The third-order valence-electron chi connectivity index (χ3n) is 4.08. The molecule has 0 radical (unpaired) electrons. The molecule has 1 aliphatic rings. The molecule has 0 amide bonds. The molecule has 1 aromatic heterocycles. The second kappa shape index (κ2) is 7.09. The van der Waals surface area contributed by atoms with Crippen molar-refractivity contribution in [2.75, 3.05) is 37.4 Å². The molecule has 1 heterocycles. The molecule has 0 bridgehead atoms. The lowest BCUT2D eigenvalue weighted by Crippen LogP contribution is -2.38. The van der Waals surface area contributed by atoms with E-state index in [0.717, 1.165) is 37.7 Å². The number of halogens is 1. The van der Waals surface area contributed by atoms with Gasteiger partial charge in [-0.1, -0.05) is 18.0 Å². The lowest BCUT2D eigenvalue weighted by molar-refractivity contribution is 0.0636. The summed E-state index contributed by atoms with van der Waals surface area (Å²) in [6.07, 6.45) is 6.39. The first kappa shape index (κ1) is 15.3. The Balaban J connectivity index is 1.95. The largest absolute Gasteiger partial charge is 0.383 e. The fourth-order valence-electron chi connectivity index (χ4n) is 2.62. The van der Waals surface area contributed by atoms with E-state index in [0.29, 0.717) is 10.6 Å². The smallest absolute Gasteiger partial charge is 0.157 e. The van der Waals surface area contributed by atoms with Gasteiger partial charge in [-0.05, 0) is 31.6 Å². The van der Waals surface area contributed by atoms with E-state index in [4.69, 9.17) is 16.3 Å². The Labute approximate surface area is 125 Å². The van der Waals surface area contributed by atoms with Gasteiger partial charge in [0.2, 0.25) is 0 Å². The minimum Gasteiger partial charge on any atom is -0.383 e. The lowest BCUT2D eigenvalue weighted by Gasteiger charge is -2.42. The minimum absolute atomic E-state index is 0.345. The molecule has 0 aliphatic heterocycles. The third-order valence-corrected chi connectivity index (χ3v) is 4.36. The first-order valence-electron chi connectivity index (χ1n) is 7.20. The summed E-state index contributed by atoms with van der Waals surface area (Å²) in [5, 5.41) is 6.91. The molecular formula is C14H23ClN4O. The molecule has 112 valence electrons. The molecule has 2 rings (SSSR count). The van der Waals surface area contributed by atoms with Crippen molar-refractivity contribution in [1.29, 1.82) is 0 Å². The van der Waals surface area contributed by atoms with Crippen LogP contribution in [-0.4, -0.2) is 36.8 Å². The van der Waals surface area contributed by atoms with Gasteiger partial charge < -0.3 is 15.4 Å². The quantitative estimate of drug-likeness (QED) is 0.570. The van der Waals surface area contributed by atoms with Crippen molar-refractivity contribution in [3.05, 3.63) is 11.5 Å². The van der Waals surface area contributed by atoms with E-state index in [1.807, 2.05) is 14.0 Å². The van der Waals surface area contributed by atoms with Crippen molar-refractivity contribution >= 4 is 23.1 Å². The monoisotopic (exact) mass is 298 g/mol. The number of hydrogen-bond donors (Lipinski definition) is 2. The number of ether oxygens (including phenoxy) is 1. The summed E-state index contributed by atoms with van der Waals surface area (Å²) in [6.45, 7) is 4.56. The van der Waals surface area contributed by atoms with Crippen LogP contribution in [0.3, 0.4) is 0 Å². The van der Waals surface area contributed by atoms with Crippen molar-refractivity contribution < 1.29 is 4.74 Å². The average Bonchev–Trinajstić information content (AvgIpc) is 2.41. The molecule has 2 N–H and O–H groups in total. The fourth-order valence-corrected chi connectivity index (χ4v) is 2.84. The molecule has 5 nitrogen and oxygen atoms in total. The highest BCUT2D eigenvalue weighted by Crippen LogP contribution is 2.44. The standard InChI is InChI=1S/C14H23ClN4O/c1-3-20-8-7-14(5-4-6-14)9-17-13-11(16-2)12(15)18-10-19-13/h10,16H,3-9H2,1-2H3,(H,17,18,19). The van der Waals surface area contributed by atoms with Gasteiger partial charge >= 0.3 is 0 Å². The molecule has 1 fully saturated rings. The average molecular weight is 299 g/mol. The van der Waals surface area contributed by atoms with Crippen LogP contribution in [0.4, 0.5) is 11.5 Å². The predicted molar refractivity (Wildman–Crippen MR) is 82.5 cm³/mol. The second-order valence-electron chi connectivity index (χ2n) is 5.29. The van der Waals surface area contributed by atoms with Crippen molar-refractivity contribution in [3.8, 4) is 0 Å². The molecule has 0 spiro atoms. The van der Waals surface area contributed by atoms with Crippen LogP contribution in [0, 0.1) is 5.41 Å². The molecule has 20 heavy (non-hydrogen) atoms. The van der Waals surface area contributed by atoms with Gasteiger partial charge in [-0.25, -0.2) is 9.97 Å². The van der Waals surface area contributed by atoms with E-state index in [2.05, 4.69) is 20.6 Å². The van der Waals surface area contributed by atoms with Crippen molar-refractivity contribution in [1.82, 2.24) is 9.97 Å². The maximum Gasteiger partial charge on any atom is 0.157 e. The molecule has 1 saturated carbocycles. The van der Waals surface area contributed by atoms with Gasteiger partial charge in [0, 0.05) is 26.8 Å². The topological polar surface area (TPSA) is 59.1 Å². The van der Waals surface area contributed by atoms with E-state index in [1.165, 1.54) is 25.6 Å². The van der Waals surface area contributed by atoms with Crippen molar-refractivity contribution in [2.45, 2.75) is 32.6 Å². The normalized spacial score (nSPS) is 16.6. The number of nitrogens with one attached hydrogen (secondary N) is 2. The van der Waals surface area contributed by atoms with Crippen molar-refractivity contribution in [2.24, 2.45) is 5.41 Å². The van der Waals surface area contributed by atoms with Gasteiger partial charge in [0.25, 0.3) is 0 Å². The van der Waals surface area contributed by atoms with E-state index in [-0.39, 0.29) is 0 Å². The zero-order valence-electron chi connectivity index (χ0n) is 12.2. The fraction of sp³-hybridized carbons (Fsp3) is 0.714. The molecule has 0 atom stereocenters. The summed E-state index contributed by atoms with van der Waals surface area (Å²) in [7, 11) is 1.82. The Bertz CT molecular complexity index is 437. The van der Waals surface area contributed by atoms with Crippen LogP contribution in [0.2, 0.25) is 5.15 Å². The predicted octanol–water partition coefficient (Wildman–Crippen LogP) is 3.18. The van der Waals surface area contributed by atoms with Gasteiger partial charge in [0.15, 0.2) is 11.0 Å². The van der Waals surface area contributed by atoms with Crippen LogP contribution in [0.25, 0.3) is 0 Å². The van der Waals surface area contributed by atoms with Crippen molar-refractivity contribution in [3.63, 3.8) is 0 Å². The van der Waals surface area contributed by atoms with Crippen LogP contribution in [0.15, 0.2) is 6.33 Å². The summed E-state index contributed by atoms with van der Waals surface area (Å²) < 4.78 is 5.49. The number of rotatable bonds is 8. The second-order valence-corrected chi connectivity index (χ2v) is 5.65. The van der Waals surface area contributed by atoms with Gasteiger partial charge in [0.05, 0.1) is 0 Å². The molecule has 0 saturated heterocycles. The first-order chi connectivity index (χ1) is 9.71. The summed E-state index contributed by atoms with van der Waals surface area (Å²) in [5.41, 5.74) is 1.10. The number of anilines is 2. The summed E-state index contributed by atoms with van der Waals surface area (Å²) in [5.74, 6) is 0.773. The molecule has 0 unspecified atom stereocenters. The maximum atomic E-state index is 6.06. The summed E-state index contributed by atoms with van der Waals surface area (Å²) in [6, 6.07) is 0. The Kier molecular flexibility index (Phi) is 5.43. The zero-order chi connectivity index (χ0) is 14.4. The highest BCUT2D eigenvalue weighted by atomic mass is 35.5. The van der Waals surface area contributed by atoms with Gasteiger partial charge in [-0.15, -0.1) is 0 Å². The maximum absolute atomic E-state index is 6.06. The van der Waals surface area contributed by atoms with Crippen LogP contribution < -0.4 is 10.6 Å². The first-order valence-corrected chi connectivity index (χ1v) is 7.58. The van der Waals surface area contributed by atoms with Gasteiger partial charge in [-0.3, -0.25) is 0 Å².